The summed E-state index contributed by atoms with van der Waals surface area (Å²) in [6.07, 6.45) is 0. The molecule has 3 aromatic carbocycles. The van der Waals surface area contributed by atoms with Crippen molar-refractivity contribution >= 4 is 29.3 Å². The lowest BCUT2D eigenvalue weighted by Gasteiger charge is -2.12. The molecular formula is C25H23ClN4O2S. The fourth-order valence-corrected chi connectivity index (χ4v) is 4.10. The van der Waals surface area contributed by atoms with Crippen molar-refractivity contribution in [3.8, 4) is 11.4 Å². The number of nitrogens with zero attached hydrogens (tertiary/aromatic N) is 3. The molecule has 0 aliphatic carbocycles. The Bertz CT molecular complexity index is 1210. The lowest BCUT2D eigenvalue weighted by molar-refractivity contribution is -0.118. The Kier molecular flexibility index (Phi) is 7.65. The summed E-state index contributed by atoms with van der Waals surface area (Å²) >= 11 is 7.24. The monoisotopic (exact) mass is 478 g/mol. The number of aromatic nitrogens is 3. The van der Waals surface area contributed by atoms with E-state index in [0.717, 1.165) is 22.6 Å². The average Bonchev–Trinajstić information content (AvgIpc) is 3.25. The summed E-state index contributed by atoms with van der Waals surface area (Å²) in [6, 6.07) is 25.1. The van der Waals surface area contributed by atoms with Crippen LogP contribution >= 0.6 is 23.4 Å². The summed E-state index contributed by atoms with van der Waals surface area (Å²) in [6.45, 7) is 2.70. The van der Waals surface area contributed by atoms with Gasteiger partial charge >= 0.3 is 0 Å². The molecule has 0 aliphatic rings. The van der Waals surface area contributed by atoms with Gasteiger partial charge in [-0.3, -0.25) is 9.36 Å². The molecule has 1 amide bonds. The minimum Gasteiger partial charge on any atom is -0.485 e. The van der Waals surface area contributed by atoms with Crippen molar-refractivity contribution in [2.75, 3.05) is 5.75 Å². The van der Waals surface area contributed by atoms with Crippen LogP contribution in [-0.2, 0) is 17.9 Å². The Morgan fingerprint density at radius 2 is 1.73 bits per heavy atom. The van der Waals surface area contributed by atoms with Crippen molar-refractivity contribution in [2.45, 2.75) is 25.2 Å². The summed E-state index contributed by atoms with van der Waals surface area (Å²) in [4.78, 5) is 12.4. The van der Waals surface area contributed by atoms with E-state index in [9.17, 15) is 4.79 Å². The number of benzene rings is 3. The van der Waals surface area contributed by atoms with E-state index < -0.39 is 0 Å². The molecule has 0 fully saturated rings. The molecule has 0 spiro atoms. The van der Waals surface area contributed by atoms with Crippen molar-refractivity contribution in [3.05, 3.63) is 101 Å². The third-order valence-corrected chi connectivity index (χ3v) is 6.08. The number of rotatable bonds is 9. The fourth-order valence-electron chi connectivity index (χ4n) is 3.17. The van der Waals surface area contributed by atoms with Crippen LogP contribution in [-0.4, -0.2) is 26.4 Å². The number of thioether (sulfide) groups is 1. The third kappa shape index (κ3) is 6.15. The number of hydrogen-bond acceptors (Lipinski definition) is 5. The maximum Gasteiger partial charge on any atom is 0.230 e. The largest absolute Gasteiger partial charge is 0.485 e. The first-order chi connectivity index (χ1) is 16.1. The number of ether oxygens (including phenoxy) is 1. The van der Waals surface area contributed by atoms with E-state index in [1.807, 2.05) is 78.2 Å². The van der Waals surface area contributed by atoms with Crippen LogP contribution in [0.5, 0.6) is 5.75 Å². The van der Waals surface area contributed by atoms with Crippen molar-refractivity contribution in [3.63, 3.8) is 0 Å². The Morgan fingerprint density at radius 1 is 1.00 bits per heavy atom. The molecule has 0 unspecified atom stereocenters. The van der Waals surface area contributed by atoms with E-state index in [4.69, 9.17) is 16.3 Å². The predicted molar refractivity (Wildman–Crippen MR) is 131 cm³/mol. The molecule has 0 aliphatic heterocycles. The van der Waals surface area contributed by atoms with E-state index in [2.05, 4.69) is 15.5 Å². The van der Waals surface area contributed by atoms with Gasteiger partial charge in [-0.2, -0.15) is 0 Å². The average molecular weight is 479 g/mol. The van der Waals surface area contributed by atoms with E-state index in [1.54, 1.807) is 12.1 Å². The molecule has 8 heteroatoms. The number of carbonyl (C=O) groups excluding carboxylic acids is 1. The highest BCUT2D eigenvalue weighted by Crippen LogP contribution is 2.24. The van der Waals surface area contributed by atoms with Gasteiger partial charge in [-0.25, -0.2) is 0 Å². The molecule has 0 saturated heterocycles. The highest BCUT2D eigenvalue weighted by Gasteiger charge is 2.16. The maximum atomic E-state index is 12.4. The van der Waals surface area contributed by atoms with Gasteiger partial charge in [-0.05, 0) is 48.4 Å². The molecule has 0 radical (unpaired) electrons. The SMILES string of the molecule is Cc1ccccc1OCc1nnc(SCC(=O)NCc2ccc(Cl)cc2)n1-c1ccccc1. The van der Waals surface area contributed by atoms with Crippen molar-refractivity contribution in [1.29, 1.82) is 0 Å². The molecule has 4 aromatic rings. The number of nitrogens with one attached hydrogen (secondary N) is 1. The van der Waals surface area contributed by atoms with Crippen molar-refractivity contribution in [1.82, 2.24) is 20.1 Å². The Balaban J connectivity index is 1.44. The van der Waals surface area contributed by atoms with Crippen LogP contribution in [0.2, 0.25) is 5.02 Å². The Labute approximate surface area is 202 Å². The molecule has 1 N–H and O–H groups in total. The molecule has 0 saturated carbocycles. The number of aryl methyl sites for hydroxylation is 1. The second-order valence-corrected chi connectivity index (χ2v) is 8.69. The molecule has 0 bridgehead atoms. The standard InChI is InChI=1S/C25H23ClN4O2S/c1-18-7-5-6-10-22(18)32-16-23-28-29-25(30(23)21-8-3-2-4-9-21)33-17-24(31)27-15-19-11-13-20(26)14-12-19/h2-14H,15-17H2,1H3,(H,27,31). The van der Waals surface area contributed by atoms with E-state index in [-0.39, 0.29) is 18.3 Å². The second-order valence-electron chi connectivity index (χ2n) is 7.32. The summed E-state index contributed by atoms with van der Waals surface area (Å²) in [5.74, 6) is 1.59. The van der Waals surface area contributed by atoms with Gasteiger partial charge in [-0.15, -0.1) is 10.2 Å². The number of hydrogen-bond donors (Lipinski definition) is 1. The zero-order valence-corrected chi connectivity index (χ0v) is 19.6. The van der Waals surface area contributed by atoms with E-state index >= 15 is 0 Å². The Hall–Kier alpha value is -3.29. The molecule has 4 rings (SSSR count). The molecular weight excluding hydrogens is 456 g/mol. The summed E-state index contributed by atoms with van der Waals surface area (Å²) in [5, 5.41) is 12.9. The van der Waals surface area contributed by atoms with Crippen LogP contribution in [0.4, 0.5) is 0 Å². The fraction of sp³-hybridized carbons (Fsp3) is 0.160. The third-order valence-electron chi connectivity index (χ3n) is 4.90. The number of halogens is 1. The highest BCUT2D eigenvalue weighted by atomic mass is 35.5. The second kappa shape index (κ2) is 11.0. The van der Waals surface area contributed by atoms with Gasteiger partial charge in [0.05, 0.1) is 5.75 Å². The molecule has 1 aromatic heterocycles. The van der Waals surface area contributed by atoms with Crippen LogP contribution in [0.25, 0.3) is 5.69 Å². The topological polar surface area (TPSA) is 69.0 Å². The first-order valence-electron chi connectivity index (χ1n) is 10.4. The predicted octanol–water partition coefficient (Wildman–Crippen LogP) is 5.22. The van der Waals surface area contributed by atoms with Gasteiger partial charge in [0.1, 0.15) is 12.4 Å². The molecule has 168 valence electrons. The van der Waals surface area contributed by atoms with Crippen molar-refractivity contribution < 1.29 is 9.53 Å². The van der Waals surface area contributed by atoms with Gasteiger partial charge in [0.2, 0.25) is 5.91 Å². The summed E-state index contributed by atoms with van der Waals surface area (Å²) in [5.41, 5.74) is 2.95. The molecule has 6 nitrogen and oxygen atoms in total. The first-order valence-corrected chi connectivity index (χ1v) is 11.8. The number of amides is 1. The quantitative estimate of drug-likeness (QED) is 0.334. The Morgan fingerprint density at radius 3 is 2.48 bits per heavy atom. The number of carbonyl (C=O) groups is 1. The van der Waals surface area contributed by atoms with Gasteiger partial charge in [0.15, 0.2) is 11.0 Å². The van der Waals surface area contributed by atoms with Crippen molar-refractivity contribution in [2.24, 2.45) is 0 Å². The lowest BCUT2D eigenvalue weighted by atomic mass is 10.2. The summed E-state index contributed by atoms with van der Waals surface area (Å²) < 4.78 is 7.92. The highest BCUT2D eigenvalue weighted by molar-refractivity contribution is 7.99. The van der Waals surface area contributed by atoms with Gasteiger partial charge in [-0.1, -0.05) is 71.9 Å². The van der Waals surface area contributed by atoms with Crippen LogP contribution in [0.3, 0.4) is 0 Å². The van der Waals surface area contributed by atoms with Crippen LogP contribution in [0.1, 0.15) is 17.0 Å². The smallest absolute Gasteiger partial charge is 0.230 e. The zero-order valence-electron chi connectivity index (χ0n) is 18.1. The normalized spacial score (nSPS) is 10.7. The summed E-state index contributed by atoms with van der Waals surface area (Å²) in [7, 11) is 0. The first kappa shape index (κ1) is 22.9. The van der Waals surface area contributed by atoms with Crippen LogP contribution in [0, 0.1) is 6.92 Å². The molecule has 0 atom stereocenters. The van der Waals surface area contributed by atoms with Gasteiger partial charge < -0.3 is 10.1 Å². The molecule has 1 heterocycles. The van der Waals surface area contributed by atoms with Gasteiger partial charge in [0, 0.05) is 17.3 Å². The van der Waals surface area contributed by atoms with Crippen LogP contribution in [0.15, 0.2) is 84.0 Å². The zero-order chi connectivity index (χ0) is 23.0. The van der Waals surface area contributed by atoms with Crippen LogP contribution < -0.4 is 10.1 Å². The van der Waals surface area contributed by atoms with Gasteiger partial charge in [0.25, 0.3) is 0 Å². The lowest BCUT2D eigenvalue weighted by Crippen LogP contribution is -2.24. The van der Waals surface area contributed by atoms with E-state index in [0.29, 0.717) is 22.5 Å². The molecule has 33 heavy (non-hydrogen) atoms. The number of para-hydroxylation sites is 2. The van der Waals surface area contributed by atoms with E-state index in [1.165, 1.54) is 11.8 Å². The maximum absolute atomic E-state index is 12.4. The minimum absolute atomic E-state index is 0.0877. The minimum atomic E-state index is -0.0877.